The van der Waals surface area contributed by atoms with E-state index in [0.717, 1.165) is 24.2 Å². The second-order valence-electron chi connectivity index (χ2n) is 8.63. The van der Waals surface area contributed by atoms with Gasteiger partial charge in [0.25, 0.3) is 0 Å². The average molecular weight is 625 g/mol. The van der Waals surface area contributed by atoms with Gasteiger partial charge in [-0.3, -0.25) is 0 Å². The molecular weight excluding hydrogens is 597 g/mol. The SMILES string of the molecule is CNCC1=C(c2ccc(F)cc2)Cc2cc([N-]C3CCCC3)c(-c3ccccc3)cc21.[N-]=O.[W+2]. The van der Waals surface area contributed by atoms with Crippen LogP contribution < -0.4 is 5.32 Å². The van der Waals surface area contributed by atoms with Gasteiger partial charge < -0.3 is 21.1 Å². The normalized spacial score (nSPS) is 14.8. The Hall–Kier alpha value is -2.62. The Bertz CT molecular complexity index is 1130. The summed E-state index contributed by atoms with van der Waals surface area (Å²) in [6.07, 6.45) is 5.80. The smallest absolute Gasteiger partial charge is 0.681 e. The largest absolute Gasteiger partial charge is 2.00 e. The summed E-state index contributed by atoms with van der Waals surface area (Å²) < 4.78 is 13.5. The zero-order chi connectivity index (χ0) is 23.2. The minimum absolute atomic E-state index is 0. The van der Waals surface area contributed by atoms with Gasteiger partial charge in [-0.2, -0.15) is 0 Å². The van der Waals surface area contributed by atoms with Crippen LogP contribution in [0.4, 0.5) is 10.1 Å². The predicted molar refractivity (Wildman–Crippen MR) is 135 cm³/mol. The molecule has 4 nitrogen and oxygen atoms in total. The van der Waals surface area contributed by atoms with E-state index in [1.54, 1.807) is 12.1 Å². The first-order valence-corrected chi connectivity index (χ1v) is 11.5. The molecule has 5 rings (SSSR count). The molecule has 6 heteroatoms. The van der Waals surface area contributed by atoms with Crippen LogP contribution in [-0.2, 0) is 27.5 Å². The van der Waals surface area contributed by atoms with Crippen molar-refractivity contribution in [1.82, 2.24) is 5.32 Å². The van der Waals surface area contributed by atoms with Gasteiger partial charge >= 0.3 is 21.1 Å². The Kier molecular flexibility index (Phi) is 9.32. The van der Waals surface area contributed by atoms with Gasteiger partial charge in [-0.15, -0.1) is 11.7 Å². The minimum atomic E-state index is -0.195. The molecule has 34 heavy (non-hydrogen) atoms. The van der Waals surface area contributed by atoms with Gasteiger partial charge in [-0.25, -0.2) is 4.39 Å². The van der Waals surface area contributed by atoms with Gasteiger partial charge in [0.05, 0.1) is 0 Å². The summed E-state index contributed by atoms with van der Waals surface area (Å²) in [5, 5.41) is 8.55. The van der Waals surface area contributed by atoms with Gasteiger partial charge in [-0.05, 0) is 70.6 Å². The molecule has 0 aliphatic heterocycles. The van der Waals surface area contributed by atoms with Crippen molar-refractivity contribution in [2.45, 2.75) is 38.1 Å². The van der Waals surface area contributed by atoms with E-state index in [4.69, 9.17) is 15.8 Å². The quantitative estimate of drug-likeness (QED) is 0.310. The van der Waals surface area contributed by atoms with Crippen LogP contribution in [0.3, 0.4) is 0 Å². The molecule has 3 aromatic rings. The number of likely N-dealkylation sites (N-methyl/N-ethyl adjacent to an activating group) is 1. The van der Waals surface area contributed by atoms with Crippen LogP contribution in [0.15, 0.2) is 66.7 Å². The van der Waals surface area contributed by atoms with E-state index in [1.165, 1.54) is 59.1 Å². The molecule has 3 aromatic carbocycles. The fraction of sp³-hybridized carbons (Fsp3) is 0.286. The average Bonchev–Trinajstić information content (AvgIpc) is 3.49. The van der Waals surface area contributed by atoms with Gasteiger partial charge in [-0.1, -0.05) is 74.2 Å². The van der Waals surface area contributed by atoms with Crippen LogP contribution in [0.2, 0.25) is 0 Å². The van der Waals surface area contributed by atoms with Crippen molar-refractivity contribution in [3.63, 3.8) is 0 Å². The molecule has 0 aromatic heterocycles. The van der Waals surface area contributed by atoms with Gasteiger partial charge in [0.15, 0.2) is 0 Å². The van der Waals surface area contributed by atoms with Crippen LogP contribution in [0.1, 0.15) is 42.4 Å². The molecule has 0 saturated heterocycles. The zero-order valence-electron chi connectivity index (χ0n) is 19.3. The summed E-state index contributed by atoms with van der Waals surface area (Å²) in [7, 11) is 1.98. The molecule has 1 N–H and O–H groups in total. The molecule has 0 radical (unpaired) electrons. The molecule has 0 amide bonds. The Labute approximate surface area is 215 Å². The molecule has 1 fully saturated rings. The number of nitroso groups, excluding NO2 is 1. The van der Waals surface area contributed by atoms with Gasteiger partial charge in [0, 0.05) is 6.54 Å². The molecule has 2 aliphatic carbocycles. The van der Waals surface area contributed by atoms with Crippen molar-refractivity contribution >= 4 is 16.8 Å². The van der Waals surface area contributed by atoms with E-state index in [1.807, 2.05) is 19.2 Å². The Morgan fingerprint density at radius 2 is 1.62 bits per heavy atom. The molecule has 174 valence electrons. The van der Waals surface area contributed by atoms with E-state index >= 15 is 0 Å². The standard InChI is InChI=1S/C28H28FN2.NO.W/c1-30-18-27-24(20-11-13-22(29)14-12-20)15-21-16-28(31-23-9-5-6-10-23)26(17-25(21)27)19-7-3-2-4-8-19;1-2;/h2-4,7-8,11-14,16-17,23,30H,5-6,9-10,15,18H2,1H3;;/q2*-1;+2. The third kappa shape index (κ3) is 5.54. The Balaban J connectivity index is 0.00000105. The van der Waals surface area contributed by atoms with Crippen molar-refractivity contribution in [3.8, 4) is 11.1 Å². The fourth-order valence-electron chi connectivity index (χ4n) is 5.01. The second-order valence-corrected chi connectivity index (χ2v) is 8.63. The number of hydrogen-bond donors (Lipinski definition) is 1. The third-order valence-corrected chi connectivity index (χ3v) is 6.56. The molecule has 1 saturated carbocycles. The van der Waals surface area contributed by atoms with Crippen molar-refractivity contribution in [1.29, 1.82) is 0 Å². The summed E-state index contributed by atoms with van der Waals surface area (Å²) in [5.74, 6) is -0.195. The van der Waals surface area contributed by atoms with Crippen LogP contribution in [-0.4, -0.2) is 19.6 Å². The molecule has 0 spiro atoms. The number of rotatable bonds is 6. The number of allylic oxidation sites excluding steroid dienone is 1. The molecule has 2 aliphatic rings. The van der Waals surface area contributed by atoms with Gasteiger partial charge in [0.1, 0.15) is 5.82 Å². The molecule has 0 atom stereocenters. The minimum Gasteiger partial charge on any atom is -0.681 e. The summed E-state index contributed by atoms with van der Waals surface area (Å²) in [6, 6.07) is 22.6. The summed E-state index contributed by atoms with van der Waals surface area (Å²) in [6.45, 7) is 0.785. The topological polar surface area (TPSA) is 65.5 Å². The number of benzene rings is 3. The van der Waals surface area contributed by atoms with Crippen molar-refractivity contribution in [3.05, 3.63) is 105 Å². The number of hydrogen-bond acceptors (Lipinski definition) is 2. The molecular formula is C28H28FN3OW. The number of halogens is 1. The zero-order valence-corrected chi connectivity index (χ0v) is 22.2. The Morgan fingerprint density at radius 3 is 2.26 bits per heavy atom. The number of nitrogens with zero attached hydrogens (tertiary/aromatic N) is 2. The van der Waals surface area contributed by atoms with Crippen molar-refractivity contribution < 1.29 is 25.5 Å². The summed E-state index contributed by atoms with van der Waals surface area (Å²) >= 11 is 0. The van der Waals surface area contributed by atoms with E-state index in [0.29, 0.717) is 6.04 Å². The van der Waals surface area contributed by atoms with Crippen LogP contribution in [0.5, 0.6) is 0 Å². The van der Waals surface area contributed by atoms with Crippen LogP contribution in [0.25, 0.3) is 33.2 Å². The first kappa shape index (κ1) is 26.0. The maximum Gasteiger partial charge on any atom is 2.00 e. The predicted octanol–water partition coefficient (Wildman–Crippen LogP) is 7.45. The van der Waals surface area contributed by atoms with Crippen molar-refractivity contribution in [2.75, 3.05) is 13.6 Å². The first-order valence-electron chi connectivity index (χ1n) is 11.5. The third-order valence-electron chi connectivity index (χ3n) is 6.56. The summed E-state index contributed by atoms with van der Waals surface area (Å²) in [5.41, 5.74) is 15.6. The van der Waals surface area contributed by atoms with E-state index in [2.05, 4.69) is 47.8 Å². The Morgan fingerprint density at radius 1 is 0.941 bits per heavy atom. The molecule has 0 bridgehead atoms. The maximum atomic E-state index is 13.5. The number of fused-ring (bicyclic) bond motifs is 1. The molecule has 0 unspecified atom stereocenters. The summed E-state index contributed by atoms with van der Waals surface area (Å²) in [4.78, 5) is 7.25. The monoisotopic (exact) mass is 625 g/mol. The fourth-order valence-corrected chi connectivity index (χ4v) is 5.01. The maximum absolute atomic E-state index is 13.5. The second kappa shape index (κ2) is 12.2. The number of nitrogens with one attached hydrogen (secondary N) is 1. The van der Waals surface area contributed by atoms with E-state index < -0.39 is 0 Å². The molecule has 0 heterocycles. The van der Waals surface area contributed by atoms with E-state index in [-0.39, 0.29) is 26.9 Å². The van der Waals surface area contributed by atoms with Crippen molar-refractivity contribution in [2.24, 2.45) is 0 Å². The first-order chi connectivity index (χ1) is 16.2. The van der Waals surface area contributed by atoms with Crippen LogP contribution >= 0.6 is 0 Å². The van der Waals surface area contributed by atoms with Gasteiger partial charge in [0.2, 0.25) is 0 Å². The van der Waals surface area contributed by atoms with E-state index in [9.17, 15) is 4.39 Å². The van der Waals surface area contributed by atoms with Crippen LogP contribution in [0, 0.1) is 10.7 Å².